The number of carbonyl (C=O) groups is 1. The first-order valence-corrected chi connectivity index (χ1v) is 7.54. The number of hydrogen-bond acceptors (Lipinski definition) is 2. The van der Waals surface area contributed by atoms with Crippen LogP contribution in [0.4, 0.5) is 4.79 Å². The molecule has 1 saturated heterocycles. The second kappa shape index (κ2) is 6.95. The summed E-state index contributed by atoms with van der Waals surface area (Å²) in [5.74, 6) is 0. The monoisotopic (exact) mass is 295 g/mol. The molecule has 0 radical (unpaired) electrons. The Balaban J connectivity index is 1.93. The van der Waals surface area contributed by atoms with E-state index in [1.807, 2.05) is 18.2 Å². The van der Waals surface area contributed by atoms with Gasteiger partial charge >= 0.3 is 6.03 Å². The summed E-state index contributed by atoms with van der Waals surface area (Å²) in [4.78, 5) is 12.8. The van der Waals surface area contributed by atoms with E-state index in [0.717, 1.165) is 37.4 Å². The predicted molar refractivity (Wildman–Crippen MR) is 81.8 cm³/mol. The van der Waals surface area contributed by atoms with Gasteiger partial charge in [0, 0.05) is 30.2 Å². The van der Waals surface area contributed by atoms with Crippen molar-refractivity contribution in [2.75, 3.05) is 13.1 Å². The van der Waals surface area contributed by atoms with Gasteiger partial charge in [-0.05, 0) is 37.0 Å². The lowest BCUT2D eigenvalue weighted by Crippen LogP contribution is -2.47. The predicted octanol–water partition coefficient (Wildman–Crippen LogP) is 2.92. The molecule has 1 unspecified atom stereocenters. The Labute approximate surface area is 125 Å². The summed E-state index contributed by atoms with van der Waals surface area (Å²) in [6.07, 6.45) is 2.90. The molecule has 1 aliphatic heterocycles. The Kier molecular flexibility index (Phi) is 5.26. The smallest absolute Gasteiger partial charge is 0.314 e. The minimum Gasteiger partial charge on any atom is -0.351 e. The van der Waals surface area contributed by atoms with Crippen molar-refractivity contribution in [3.63, 3.8) is 0 Å². The first-order chi connectivity index (χ1) is 9.60. The maximum Gasteiger partial charge on any atom is 0.314 e. The van der Waals surface area contributed by atoms with Gasteiger partial charge in [-0.25, -0.2) is 4.79 Å². The quantitative estimate of drug-likeness (QED) is 0.897. The molecule has 3 N–H and O–H groups in total. The van der Waals surface area contributed by atoms with Crippen LogP contribution < -0.4 is 11.1 Å². The summed E-state index contributed by atoms with van der Waals surface area (Å²) in [6, 6.07) is 8.41. The molecular weight excluding hydrogens is 274 g/mol. The molecule has 0 spiro atoms. The van der Waals surface area contributed by atoms with Crippen molar-refractivity contribution in [3.05, 3.63) is 34.9 Å². The van der Waals surface area contributed by atoms with Crippen LogP contribution in [0.15, 0.2) is 24.3 Å². The van der Waals surface area contributed by atoms with Gasteiger partial charge in [-0.3, -0.25) is 0 Å². The normalized spacial score (nSPS) is 18.0. The summed E-state index contributed by atoms with van der Waals surface area (Å²) >= 11 is 6.06. The molecule has 0 aromatic heterocycles. The molecule has 0 saturated carbocycles. The van der Waals surface area contributed by atoms with Crippen molar-refractivity contribution in [2.45, 2.75) is 38.3 Å². The van der Waals surface area contributed by atoms with Crippen LogP contribution in [0.3, 0.4) is 0 Å². The third-order valence-electron chi connectivity index (χ3n) is 3.90. The van der Waals surface area contributed by atoms with Crippen LogP contribution in [0.1, 0.15) is 37.8 Å². The average molecular weight is 296 g/mol. The lowest BCUT2D eigenvalue weighted by molar-refractivity contribution is 0.182. The van der Waals surface area contributed by atoms with Crippen LogP contribution in [0.2, 0.25) is 5.02 Å². The standard InChI is InChI=1S/C15H22ClN3O/c1-2-14(11-4-3-5-12(16)10-11)18-13-6-8-19(9-7-13)15(17)20/h3-5,10,13-14,18H,2,6-9H2,1H3,(H2,17,20). The fraction of sp³-hybridized carbons (Fsp3) is 0.533. The highest BCUT2D eigenvalue weighted by Gasteiger charge is 2.23. The fourth-order valence-corrected chi connectivity index (χ4v) is 2.92. The molecule has 0 bridgehead atoms. The molecule has 1 heterocycles. The van der Waals surface area contributed by atoms with Crippen molar-refractivity contribution in [1.82, 2.24) is 10.2 Å². The Morgan fingerprint density at radius 3 is 2.75 bits per heavy atom. The summed E-state index contributed by atoms with van der Waals surface area (Å²) < 4.78 is 0. The maximum atomic E-state index is 11.1. The van der Waals surface area contributed by atoms with Crippen LogP contribution >= 0.6 is 11.6 Å². The molecule has 1 aliphatic rings. The van der Waals surface area contributed by atoms with Crippen molar-refractivity contribution in [1.29, 1.82) is 0 Å². The molecule has 4 nitrogen and oxygen atoms in total. The lowest BCUT2D eigenvalue weighted by atomic mass is 9.99. The fourth-order valence-electron chi connectivity index (χ4n) is 2.72. The number of carbonyl (C=O) groups excluding carboxylic acids is 1. The van der Waals surface area contributed by atoms with Gasteiger partial charge in [-0.15, -0.1) is 0 Å². The largest absolute Gasteiger partial charge is 0.351 e. The summed E-state index contributed by atoms with van der Waals surface area (Å²) in [7, 11) is 0. The number of benzene rings is 1. The van der Waals surface area contributed by atoms with Gasteiger partial charge in [0.2, 0.25) is 0 Å². The van der Waals surface area contributed by atoms with E-state index in [0.29, 0.717) is 12.1 Å². The van der Waals surface area contributed by atoms with Crippen LogP contribution in [0.5, 0.6) is 0 Å². The molecule has 110 valence electrons. The molecule has 20 heavy (non-hydrogen) atoms. The lowest BCUT2D eigenvalue weighted by Gasteiger charge is -2.33. The molecule has 1 aromatic carbocycles. The number of primary amides is 1. The minimum absolute atomic E-state index is 0.304. The second-order valence-corrected chi connectivity index (χ2v) is 5.72. The molecule has 1 aromatic rings. The molecular formula is C15H22ClN3O. The van der Waals surface area contributed by atoms with Crippen LogP contribution in [0, 0.1) is 0 Å². The highest BCUT2D eigenvalue weighted by atomic mass is 35.5. The van der Waals surface area contributed by atoms with Crippen molar-refractivity contribution < 1.29 is 4.79 Å². The van der Waals surface area contributed by atoms with Crippen molar-refractivity contribution >= 4 is 17.6 Å². The Morgan fingerprint density at radius 1 is 1.50 bits per heavy atom. The second-order valence-electron chi connectivity index (χ2n) is 5.28. The Bertz CT molecular complexity index is 458. The van der Waals surface area contributed by atoms with Crippen LogP contribution in [0.25, 0.3) is 0 Å². The number of nitrogens with two attached hydrogens (primary N) is 1. The van der Waals surface area contributed by atoms with E-state index in [4.69, 9.17) is 17.3 Å². The Hall–Kier alpha value is -1.26. The van der Waals surface area contributed by atoms with Crippen molar-refractivity contribution in [3.8, 4) is 0 Å². The number of likely N-dealkylation sites (tertiary alicyclic amines) is 1. The number of hydrogen-bond donors (Lipinski definition) is 2. The molecule has 1 fully saturated rings. The molecule has 5 heteroatoms. The third kappa shape index (κ3) is 3.87. The topological polar surface area (TPSA) is 58.4 Å². The first-order valence-electron chi connectivity index (χ1n) is 7.16. The zero-order valence-corrected chi connectivity index (χ0v) is 12.6. The highest BCUT2D eigenvalue weighted by molar-refractivity contribution is 6.30. The van der Waals surface area contributed by atoms with E-state index in [2.05, 4.69) is 18.3 Å². The van der Waals surface area contributed by atoms with Gasteiger partial charge in [0.05, 0.1) is 0 Å². The Morgan fingerprint density at radius 2 is 2.20 bits per heavy atom. The first kappa shape index (κ1) is 15.1. The summed E-state index contributed by atoms with van der Waals surface area (Å²) in [6.45, 7) is 3.63. The number of amides is 2. The van der Waals surface area contributed by atoms with E-state index in [-0.39, 0.29) is 6.03 Å². The molecule has 1 atom stereocenters. The number of piperidine rings is 1. The van der Waals surface area contributed by atoms with E-state index in [1.165, 1.54) is 5.56 Å². The molecule has 2 rings (SSSR count). The summed E-state index contributed by atoms with van der Waals surface area (Å²) in [5.41, 5.74) is 6.52. The highest BCUT2D eigenvalue weighted by Crippen LogP contribution is 2.22. The van der Waals surface area contributed by atoms with Gasteiger partial charge in [0.1, 0.15) is 0 Å². The van der Waals surface area contributed by atoms with Gasteiger partial charge in [-0.2, -0.15) is 0 Å². The van der Waals surface area contributed by atoms with Gasteiger partial charge in [-0.1, -0.05) is 30.7 Å². The van der Waals surface area contributed by atoms with Gasteiger partial charge < -0.3 is 16.0 Å². The number of urea groups is 1. The maximum absolute atomic E-state index is 11.1. The zero-order chi connectivity index (χ0) is 14.5. The summed E-state index contributed by atoms with van der Waals surface area (Å²) in [5, 5.41) is 4.44. The average Bonchev–Trinajstić information content (AvgIpc) is 2.45. The van der Waals surface area contributed by atoms with Gasteiger partial charge in [0.25, 0.3) is 0 Å². The molecule has 2 amide bonds. The van der Waals surface area contributed by atoms with E-state index in [9.17, 15) is 4.79 Å². The molecule has 0 aliphatic carbocycles. The van der Waals surface area contributed by atoms with Crippen LogP contribution in [-0.4, -0.2) is 30.1 Å². The number of nitrogens with one attached hydrogen (secondary N) is 1. The minimum atomic E-state index is -0.315. The van der Waals surface area contributed by atoms with Crippen LogP contribution in [-0.2, 0) is 0 Å². The van der Waals surface area contributed by atoms with E-state index < -0.39 is 0 Å². The number of halogens is 1. The van der Waals surface area contributed by atoms with Gasteiger partial charge in [0.15, 0.2) is 0 Å². The number of rotatable bonds is 4. The van der Waals surface area contributed by atoms with E-state index in [1.54, 1.807) is 4.90 Å². The number of nitrogens with zero attached hydrogens (tertiary/aromatic N) is 1. The zero-order valence-electron chi connectivity index (χ0n) is 11.8. The van der Waals surface area contributed by atoms with E-state index >= 15 is 0 Å². The SMILES string of the molecule is CCC(NC1CCN(C(N)=O)CC1)c1cccc(Cl)c1. The van der Waals surface area contributed by atoms with Crippen molar-refractivity contribution in [2.24, 2.45) is 5.73 Å². The third-order valence-corrected chi connectivity index (χ3v) is 4.14.